The molecule has 4 fully saturated rings. The third kappa shape index (κ3) is 5.78. The molecule has 0 bridgehead atoms. The molecule has 0 radical (unpaired) electrons. The van der Waals surface area contributed by atoms with Crippen molar-refractivity contribution < 1.29 is 9.57 Å². The van der Waals surface area contributed by atoms with Gasteiger partial charge in [0.2, 0.25) is 0 Å². The van der Waals surface area contributed by atoms with Crippen molar-refractivity contribution in [2.24, 2.45) is 0 Å². The Labute approximate surface area is 249 Å². The van der Waals surface area contributed by atoms with Crippen LogP contribution in [0, 0.1) is 0 Å². The summed E-state index contributed by atoms with van der Waals surface area (Å²) in [5.41, 5.74) is 4.94. The minimum Gasteiger partial charge on any atom is -0.494 e. The zero-order chi connectivity index (χ0) is 28.5. The largest absolute Gasteiger partial charge is 0.494 e. The Morgan fingerprint density at radius 1 is 0.881 bits per heavy atom. The van der Waals surface area contributed by atoms with Gasteiger partial charge in [-0.05, 0) is 55.8 Å². The second-order valence-electron chi connectivity index (χ2n) is 12.2. The number of anilines is 4. The van der Waals surface area contributed by atoms with Crippen molar-refractivity contribution in [1.29, 1.82) is 0 Å². The Morgan fingerprint density at radius 2 is 1.67 bits per heavy atom. The quantitative estimate of drug-likeness (QED) is 0.394. The summed E-state index contributed by atoms with van der Waals surface area (Å²) < 4.78 is 5.95. The molecule has 3 saturated heterocycles. The lowest BCUT2D eigenvalue weighted by molar-refractivity contribution is 0.0982. The van der Waals surface area contributed by atoms with Gasteiger partial charge >= 0.3 is 0 Å². The minimum absolute atomic E-state index is 0.129. The molecular formula is C33H43N7O2. The van der Waals surface area contributed by atoms with E-state index in [0.717, 1.165) is 42.6 Å². The van der Waals surface area contributed by atoms with Crippen molar-refractivity contribution in [2.45, 2.75) is 50.1 Å². The molecule has 4 aliphatic rings. The lowest BCUT2D eigenvalue weighted by Gasteiger charge is -2.43. The zero-order valence-electron chi connectivity index (χ0n) is 24.9. The van der Waals surface area contributed by atoms with E-state index in [9.17, 15) is 0 Å². The molecule has 3 aromatic rings. The van der Waals surface area contributed by atoms with Gasteiger partial charge in [-0.2, -0.15) is 0 Å². The maximum absolute atomic E-state index is 6.03. The summed E-state index contributed by atoms with van der Waals surface area (Å²) >= 11 is 0. The fraction of sp³-hybridized carbons (Fsp3) is 0.515. The van der Waals surface area contributed by atoms with E-state index < -0.39 is 0 Å². The number of likely N-dealkylation sites (N-methyl/N-ethyl adjacent to an activating group) is 1. The van der Waals surface area contributed by atoms with Crippen molar-refractivity contribution in [2.75, 3.05) is 75.3 Å². The Bertz CT molecular complexity index is 1350. The molecule has 4 heterocycles. The number of hydroxylamine groups is 1. The van der Waals surface area contributed by atoms with Gasteiger partial charge in [-0.15, -0.1) is 0 Å². The summed E-state index contributed by atoms with van der Waals surface area (Å²) in [6.45, 7) is 7.63. The van der Waals surface area contributed by atoms with E-state index in [1.807, 2.05) is 17.2 Å². The molecule has 0 unspecified atom stereocenters. The fourth-order valence-corrected chi connectivity index (χ4v) is 6.85. The van der Waals surface area contributed by atoms with Crippen LogP contribution in [-0.2, 0) is 4.84 Å². The Hall–Kier alpha value is -3.40. The van der Waals surface area contributed by atoms with Gasteiger partial charge in [0.25, 0.3) is 0 Å². The van der Waals surface area contributed by atoms with Crippen LogP contribution in [0.4, 0.5) is 23.0 Å². The van der Waals surface area contributed by atoms with Crippen molar-refractivity contribution in [3.05, 3.63) is 66.0 Å². The first-order chi connectivity index (χ1) is 20.7. The second-order valence-corrected chi connectivity index (χ2v) is 12.2. The second kappa shape index (κ2) is 12.1. The molecule has 42 heavy (non-hydrogen) atoms. The maximum atomic E-state index is 6.03. The van der Waals surface area contributed by atoms with Gasteiger partial charge in [-0.25, -0.2) is 15.0 Å². The van der Waals surface area contributed by atoms with Gasteiger partial charge in [0.05, 0.1) is 25.4 Å². The van der Waals surface area contributed by atoms with Gasteiger partial charge in [0.1, 0.15) is 17.9 Å². The number of hydrogen-bond donors (Lipinski definition) is 1. The van der Waals surface area contributed by atoms with E-state index in [0.29, 0.717) is 18.6 Å². The highest BCUT2D eigenvalue weighted by Gasteiger charge is 2.33. The molecule has 2 aromatic carbocycles. The van der Waals surface area contributed by atoms with Crippen molar-refractivity contribution in [3.63, 3.8) is 0 Å². The van der Waals surface area contributed by atoms with E-state index >= 15 is 0 Å². The number of piperidine rings is 1. The van der Waals surface area contributed by atoms with E-state index in [1.165, 1.54) is 68.7 Å². The highest BCUT2D eigenvalue weighted by atomic mass is 16.7. The van der Waals surface area contributed by atoms with Gasteiger partial charge < -0.3 is 19.9 Å². The van der Waals surface area contributed by atoms with Gasteiger partial charge in [0.15, 0.2) is 5.82 Å². The number of ether oxygens (including phenoxy) is 1. The molecule has 9 nitrogen and oxygen atoms in total. The molecule has 1 aromatic heterocycles. The number of piperazine rings is 1. The number of rotatable bonds is 8. The monoisotopic (exact) mass is 569 g/mol. The topological polar surface area (TPSA) is 69.2 Å². The molecule has 3 aliphatic heterocycles. The van der Waals surface area contributed by atoms with Crippen LogP contribution in [0.3, 0.4) is 0 Å². The predicted octanol–water partition coefficient (Wildman–Crippen LogP) is 5.21. The highest BCUT2D eigenvalue weighted by Crippen LogP contribution is 2.48. The summed E-state index contributed by atoms with van der Waals surface area (Å²) in [5.74, 6) is 2.94. The van der Waals surface area contributed by atoms with E-state index in [1.54, 1.807) is 13.4 Å². The molecule has 1 N–H and O–H groups in total. The van der Waals surface area contributed by atoms with Crippen LogP contribution in [0.1, 0.15) is 55.2 Å². The summed E-state index contributed by atoms with van der Waals surface area (Å²) in [7, 11) is 3.99. The first-order valence-electron chi connectivity index (χ1n) is 15.6. The minimum atomic E-state index is 0.129. The Balaban J connectivity index is 1.09. The molecule has 0 amide bonds. The van der Waals surface area contributed by atoms with Gasteiger partial charge in [-0.3, -0.25) is 9.74 Å². The van der Waals surface area contributed by atoms with Crippen molar-refractivity contribution in [1.82, 2.24) is 19.8 Å². The van der Waals surface area contributed by atoms with E-state index in [-0.39, 0.29) is 6.04 Å². The Kier molecular flexibility index (Phi) is 7.88. The maximum Gasteiger partial charge on any atom is 0.158 e. The normalized spacial score (nSPS) is 22.5. The molecule has 7 rings (SSSR count). The van der Waals surface area contributed by atoms with Gasteiger partial charge in [-0.1, -0.05) is 30.3 Å². The number of methoxy groups -OCH3 is 1. The SMILES string of the molecule is COc1cc(N2CCC(N3CCN(C)CC3)CC2)c(C2CC2)cc1Nc1cc(N2OCC[C@@H]2c2ccccc2)ncn1. The lowest BCUT2D eigenvalue weighted by atomic mass is 9.99. The smallest absolute Gasteiger partial charge is 0.158 e. The van der Waals surface area contributed by atoms with Crippen molar-refractivity contribution in [3.8, 4) is 5.75 Å². The molecular weight excluding hydrogens is 526 g/mol. The summed E-state index contributed by atoms with van der Waals surface area (Å²) in [6.07, 6.45) is 7.48. The molecule has 1 saturated carbocycles. The Morgan fingerprint density at radius 3 is 2.40 bits per heavy atom. The first-order valence-corrected chi connectivity index (χ1v) is 15.6. The average Bonchev–Trinajstić information content (AvgIpc) is 3.77. The van der Waals surface area contributed by atoms with E-state index in [2.05, 4.69) is 73.4 Å². The lowest BCUT2D eigenvalue weighted by Crippen LogP contribution is -2.52. The van der Waals surface area contributed by atoms with Crippen LogP contribution in [0.15, 0.2) is 54.9 Å². The number of hydrogen-bond acceptors (Lipinski definition) is 9. The third-order valence-electron chi connectivity index (χ3n) is 9.46. The molecule has 0 spiro atoms. The van der Waals surface area contributed by atoms with Gasteiger partial charge in [0, 0.05) is 69.6 Å². The predicted molar refractivity (Wildman–Crippen MR) is 167 cm³/mol. The molecule has 1 aliphatic carbocycles. The van der Waals surface area contributed by atoms with Crippen LogP contribution in [-0.4, -0.2) is 85.8 Å². The van der Waals surface area contributed by atoms with Crippen LogP contribution in [0.25, 0.3) is 0 Å². The number of benzene rings is 2. The fourth-order valence-electron chi connectivity index (χ4n) is 6.85. The van der Waals surface area contributed by atoms with E-state index in [4.69, 9.17) is 9.57 Å². The molecule has 9 heteroatoms. The number of nitrogens with one attached hydrogen (secondary N) is 1. The standard InChI is InChI=1S/C33H43N7O2/c1-37-15-17-38(18-16-37)26-10-13-39(14-11-26)30-21-31(41-2)28(20-27(30)24-8-9-24)36-32-22-33(35-23-34-32)40-29(12-19-42-40)25-6-4-3-5-7-25/h3-7,20-24,26,29H,8-19H2,1-2H3,(H,34,35,36)/t29-/m1/s1. The first kappa shape index (κ1) is 27.4. The van der Waals surface area contributed by atoms with Crippen LogP contribution < -0.4 is 20.0 Å². The van der Waals surface area contributed by atoms with Crippen LogP contribution >= 0.6 is 0 Å². The third-order valence-corrected chi connectivity index (χ3v) is 9.46. The number of aromatic nitrogens is 2. The summed E-state index contributed by atoms with van der Waals surface area (Å²) in [4.78, 5) is 22.9. The van der Waals surface area contributed by atoms with Crippen LogP contribution in [0.2, 0.25) is 0 Å². The zero-order valence-corrected chi connectivity index (χ0v) is 24.9. The molecule has 222 valence electrons. The summed E-state index contributed by atoms with van der Waals surface area (Å²) in [5, 5.41) is 5.48. The van der Waals surface area contributed by atoms with Crippen molar-refractivity contribution >= 4 is 23.0 Å². The number of nitrogens with zero attached hydrogens (tertiary/aromatic N) is 6. The molecule has 1 atom stereocenters. The average molecular weight is 570 g/mol. The highest BCUT2D eigenvalue weighted by molar-refractivity contribution is 5.74. The summed E-state index contributed by atoms with van der Waals surface area (Å²) in [6, 6.07) is 17.8. The van der Waals surface area contributed by atoms with Crippen LogP contribution in [0.5, 0.6) is 5.75 Å².